The van der Waals surface area contributed by atoms with Gasteiger partial charge in [-0.05, 0) is 30.0 Å². The van der Waals surface area contributed by atoms with Crippen LogP contribution in [-0.2, 0) is 17.8 Å². The molecule has 132 valence electrons. The Bertz CT molecular complexity index is 772. The van der Waals surface area contributed by atoms with E-state index < -0.39 is 0 Å². The van der Waals surface area contributed by atoms with E-state index in [1.807, 2.05) is 23.1 Å². The van der Waals surface area contributed by atoms with Gasteiger partial charge in [0.1, 0.15) is 5.01 Å². The van der Waals surface area contributed by atoms with Gasteiger partial charge < -0.3 is 4.90 Å². The molecule has 1 aliphatic heterocycles. The molecule has 2 aromatic rings. The van der Waals surface area contributed by atoms with Crippen LogP contribution in [0, 0.1) is 5.92 Å². The molecule has 3 rings (SSSR count). The number of likely N-dealkylation sites (tertiary alicyclic amines) is 1. The molecule has 2 amide bonds. The van der Waals surface area contributed by atoms with Crippen molar-refractivity contribution in [3.05, 3.63) is 40.4 Å². The minimum Gasteiger partial charge on any atom is -0.338 e. The van der Waals surface area contributed by atoms with E-state index in [-0.39, 0.29) is 11.8 Å². The Morgan fingerprint density at radius 2 is 2.20 bits per heavy atom. The maximum absolute atomic E-state index is 12.4. The Hall–Kier alpha value is -2.28. The Morgan fingerprint density at radius 1 is 1.36 bits per heavy atom. The van der Waals surface area contributed by atoms with Crippen LogP contribution in [0.5, 0.6) is 0 Å². The fraction of sp³-hybridized carbons (Fsp3) is 0.444. The van der Waals surface area contributed by atoms with Gasteiger partial charge in [0.05, 0.1) is 0 Å². The normalized spacial score (nSPS) is 14.4. The zero-order chi connectivity index (χ0) is 17.8. The fourth-order valence-electron chi connectivity index (χ4n) is 2.81. The molecule has 1 aromatic heterocycles. The Morgan fingerprint density at radius 3 is 2.92 bits per heavy atom. The molecule has 6 nitrogen and oxygen atoms in total. The summed E-state index contributed by atoms with van der Waals surface area (Å²) in [5.41, 5.74) is 1.52. The number of hydrogen-bond acceptors (Lipinski definition) is 5. The first-order valence-electron chi connectivity index (χ1n) is 8.51. The van der Waals surface area contributed by atoms with Crippen LogP contribution < -0.4 is 5.32 Å². The van der Waals surface area contributed by atoms with Gasteiger partial charge in [-0.25, -0.2) is 0 Å². The summed E-state index contributed by atoms with van der Waals surface area (Å²) in [5.74, 6) is 0.477. The van der Waals surface area contributed by atoms with Gasteiger partial charge in [-0.1, -0.05) is 37.3 Å². The molecule has 1 fully saturated rings. The Kier molecular flexibility index (Phi) is 5.43. The lowest BCUT2D eigenvalue weighted by atomic mass is 10.1. The SMILES string of the molecule is CC(C)Cc1nnc(NC(=O)c2cccc(CN3CCCC3=O)c2)s1. The number of nitrogens with zero attached hydrogens (tertiary/aromatic N) is 3. The summed E-state index contributed by atoms with van der Waals surface area (Å²) in [6.07, 6.45) is 2.39. The smallest absolute Gasteiger partial charge is 0.257 e. The van der Waals surface area contributed by atoms with Gasteiger partial charge in [0.15, 0.2) is 0 Å². The summed E-state index contributed by atoms with van der Waals surface area (Å²) in [6, 6.07) is 7.38. The molecule has 1 N–H and O–H groups in total. The van der Waals surface area contributed by atoms with Gasteiger partial charge in [-0.2, -0.15) is 0 Å². The molecular weight excluding hydrogens is 336 g/mol. The van der Waals surface area contributed by atoms with Crippen molar-refractivity contribution >= 4 is 28.3 Å². The van der Waals surface area contributed by atoms with E-state index in [1.54, 1.807) is 6.07 Å². The minimum atomic E-state index is -0.207. The second-order valence-corrected chi connectivity index (χ2v) is 7.73. The average Bonchev–Trinajstić information content (AvgIpc) is 3.16. The predicted molar refractivity (Wildman–Crippen MR) is 97.5 cm³/mol. The molecular formula is C18H22N4O2S. The van der Waals surface area contributed by atoms with Crippen LogP contribution in [0.3, 0.4) is 0 Å². The lowest BCUT2D eigenvalue weighted by molar-refractivity contribution is -0.128. The first-order chi connectivity index (χ1) is 12.0. The highest BCUT2D eigenvalue weighted by atomic mass is 32.1. The lowest BCUT2D eigenvalue weighted by Crippen LogP contribution is -2.24. The third-order valence-electron chi connectivity index (χ3n) is 4.00. The molecule has 0 unspecified atom stereocenters. The number of nitrogens with one attached hydrogen (secondary N) is 1. The lowest BCUT2D eigenvalue weighted by Gasteiger charge is -2.15. The van der Waals surface area contributed by atoms with Crippen molar-refractivity contribution in [3.8, 4) is 0 Å². The van der Waals surface area contributed by atoms with Crippen LogP contribution in [-0.4, -0.2) is 33.5 Å². The molecule has 1 saturated heterocycles. The van der Waals surface area contributed by atoms with Crippen molar-refractivity contribution in [2.45, 2.75) is 39.7 Å². The number of anilines is 1. The Labute approximate surface area is 151 Å². The molecule has 0 saturated carbocycles. The van der Waals surface area contributed by atoms with Crippen molar-refractivity contribution in [3.63, 3.8) is 0 Å². The van der Waals surface area contributed by atoms with Crippen molar-refractivity contribution in [2.75, 3.05) is 11.9 Å². The molecule has 7 heteroatoms. The Balaban J connectivity index is 1.64. The summed E-state index contributed by atoms with van der Waals surface area (Å²) in [7, 11) is 0. The molecule has 1 aromatic carbocycles. The maximum atomic E-state index is 12.4. The summed E-state index contributed by atoms with van der Waals surface area (Å²) in [6.45, 7) is 5.59. The third-order valence-corrected chi connectivity index (χ3v) is 4.87. The highest BCUT2D eigenvalue weighted by Crippen LogP contribution is 2.20. The summed E-state index contributed by atoms with van der Waals surface area (Å²) in [5, 5.41) is 12.4. The molecule has 1 aliphatic rings. The van der Waals surface area contributed by atoms with Crippen molar-refractivity contribution in [1.82, 2.24) is 15.1 Å². The van der Waals surface area contributed by atoms with Gasteiger partial charge in [0.25, 0.3) is 5.91 Å². The minimum absolute atomic E-state index is 0.182. The first-order valence-corrected chi connectivity index (χ1v) is 9.33. The zero-order valence-electron chi connectivity index (χ0n) is 14.5. The molecule has 0 aliphatic carbocycles. The van der Waals surface area contributed by atoms with Crippen molar-refractivity contribution in [2.24, 2.45) is 5.92 Å². The second-order valence-electron chi connectivity index (χ2n) is 6.67. The van der Waals surface area contributed by atoms with E-state index >= 15 is 0 Å². The van der Waals surface area contributed by atoms with Crippen LogP contribution >= 0.6 is 11.3 Å². The van der Waals surface area contributed by atoms with Crippen LogP contribution in [0.1, 0.15) is 47.6 Å². The van der Waals surface area contributed by atoms with Crippen LogP contribution in [0.4, 0.5) is 5.13 Å². The number of aromatic nitrogens is 2. The second kappa shape index (κ2) is 7.74. The quantitative estimate of drug-likeness (QED) is 0.861. The van der Waals surface area contributed by atoms with E-state index in [0.29, 0.717) is 29.6 Å². The van der Waals surface area contributed by atoms with Gasteiger partial charge in [0.2, 0.25) is 11.0 Å². The van der Waals surface area contributed by atoms with E-state index in [1.165, 1.54) is 11.3 Å². The van der Waals surface area contributed by atoms with E-state index in [2.05, 4.69) is 29.4 Å². The number of amides is 2. The van der Waals surface area contributed by atoms with E-state index in [9.17, 15) is 9.59 Å². The number of rotatable bonds is 6. The van der Waals surface area contributed by atoms with Gasteiger partial charge >= 0.3 is 0 Å². The van der Waals surface area contributed by atoms with Crippen LogP contribution in [0.15, 0.2) is 24.3 Å². The van der Waals surface area contributed by atoms with Gasteiger partial charge in [-0.3, -0.25) is 14.9 Å². The molecule has 2 heterocycles. The molecule has 0 atom stereocenters. The highest BCUT2D eigenvalue weighted by Gasteiger charge is 2.20. The monoisotopic (exact) mass is 358 g/mol. The predicted octanol–water partition coefficient (Wildman–Crippen LogP) is 3.11. The summed E-state index contributed by atoms with van der Waals surface area (Å²) < 4.78 is 0. The summed E-state index contributed by atoms with van der Waals surface area (Å²) >= 11 is 1.41. The van der Waals surface area contributed by atoms with Crippen molar-refractivity contribution in [1.29, 1.82) is 0 Å². The molecule has 0 bridgehead atoms. The number of carbonyl (C=O) groups excluding carboxylic acids is 2. The zero-order valence-corrected chi connectivity index (χ0v) is 15.3. The number of carbonyl (C=O) groups is 2. The van der Waals surface area contributed by atoms with Crippen LogP contribution in [0.2, 0.25) is 0 Å². The molecule has 0 radical (unpaired) electrons. The molecule has 25 heavy (non-hydrogen) atoms. The van der Waals surface area contributed by atoms with Crippen molar-refractivity contribution < 1.29 is 9.59 Å². The standard InChI is InChI=1S/C18H22N4O2S/c1-12(2)9-15-20-21-18(25-15)19-17(24)14-6-3-5-13(10-14)11-22-8-4-7-16(22)23/h3,5-6,10,12H,4,7-9,11H2,1-2H3,(H,19,21,24). The van der Waals surface area contributed by atoms with E-state index in [4.69, 9.17) is 0 Å². The average molecular weight is 358 g/mol. The number of hydrogen-bond donors (Lipinski definition) is 1. The third kappa shape index (κ3) is 4.63. The van der Waals surface area contributed by atoms with E-state index in [0.717, 1.165) is 30.0 Å². The summed E-state index contributed by atoms with van der Waals surface area (Å²) in [4.78, 5) is 26.0. The topological polar surface area (TPSA) is 75.2 Å². The van der Waals surface area contributed by atoms with Gasteiger partial charge in [0, 0.05) is 31.5 Å². The van der Waals surface area contributed by atoms with Crippen LogP contribution in [0.25, 0.3) is 0 Å². The number of benzene rings is 1. The van der Waals surface area contributed by atoms with Gasteiger partial charge in [-0.15, -0.1) is 10.2 Å². The fourth-order valence-corrected chi connectivity index (χ4v) is 3.75. The molecule has 0 spiro atoms. The first kappa shape index (κ1) is 17.5. The maximum Gasteiger partial charge on any atom is 0.257 e. The highest BCUT2D eigenvalue weighted by molar-refractivity contribution is 7.15. The largest absolute Gasteiger partial charge is 0.338 e.